The number of carbonyl (C=O) groups excluding carboxylic acids is 2. The van der Waals surface area contributed by atoms with Gasteiger partial charge in [-0.15, -0.1) is 0 Å². The summed E-state index contributed by atoms with van der Waals surface area (Å²) in [4.78, 5) is 35.0. The topological polar surface area (TPSA) is 95.5 Å². The van der Waals surface area contributed by atoms with Gasteiger partial charge in [0.15, 0.2) is 0 Å². The molecule has 24 heavy (non-hydrogen) atoms. The SMILES string of the molecule is CC(=O)N[C@@H](Cc1cccc(F)c1)C(=O)N[C@@H](CC1CC1)C(=O)O. The molecular formula is C17H21FN2O4. The summed E-state index contributed by atoms with van der Waals surface area (Å²) in [7, 11) is 0. The molecular weight excluding hydrogens is 315 g/mol. The number of carboxylic acids is 1. The Hall–Kier alpha value is -2.44. The van der Waals surface area contributed by atoms with Gasteiger partial charge in [0, 0.05) is 13.3 Å². The molecule has 6 nitrogen and oxygen atoms in total. The highest BCUT2D eigenvalue weighted by molar-refractivity contribution is 5.90. The van der Waals surface area contributed by atoms with Crippen LogP contribution in [0.25, 0.3) is 0 Å². The first-order chi connectivity index (χ1) is 11.3. The Morgan fingerprint density at radius 1 is 1.25 bits per heavy atom. The Labute approximate surface area is 139 Å². The molecule has 2 rings (SSSR count). The first kappa shape index (κ1) is 17.9. The molecule has 2 atom stereocenters. The standard InChI is InChI=1S/C17H21FN2O4/c1-10(21)19-14(9-12-3-2-4-13(18)7-12)16(22)20-15(17(23)24)8-11-5-6-11/h2-4,7,11,14-15H,5-6,8-9H2,1H3,(H,19,21)(H,20,22)(H,23,24)/t14-,15-/m0/s1. The Kier molecular flexibility index (Phi) is 5.89. The zero-order chi connectivity index (χ0) is 17.7. The number of rotatable bonds is 8. The highest BCUT2D eigenvalue weighted by Crippen LogP contribution is 2.33. The molecule has 0 radical (unpaired) electrons. The molecule has 0 spiro atoms. The maximum atomic E-state index is 13.3. The van der Waals surface area contributed by atoms with E-state index in [1.54, 1.807) is 6.07 Å². The largest absolute Gasteiger partial charge is 0.480 e. The molecule has 0 aliphatic heterocycles. The minimum Gasteiger partial charge on any atom is -0.480 e. The van der Waals surface area contributed by atoms with Gasteiger partial charge in [-0.3, -0.25) is 9.59 Å². The molecule has 0 bridgehead atoms. The van der Waals surface area contributed by atoms with Crippen molar-refractivity contribution in [3.63, 3.8) is 0 Å². The third-order valence-electron chi connectivity index (χ3n) is 3.90. The van der Waals surface area contributed by atoms with Crippen LogP contribution in [0.5, 0.6) is 0 Å². The van der Waals surface area contributed by atoms with Crippen molar-refractivity contribution in [1.29, 1.82) is 0 Å². The number of amides is 2. The number of benzene rings is 1. The number of carboxylic acid groups (broad SMARTS) is 1. The Balaban J connectivity index is 2.05. The number of hydrogen-bond acceptors (Lipinski definition) is 3. The van der Waals surface area contributed by atoms with Gasteiger partial charge in [-0.2, -0.15) is 0 Å². The van der Waals surface area contributed by atoms with Crippen LogP contribution < -0.4 is 10.6 Å². The van der Waals surface area contributed by atoms with Crippen LogP contribution in [-0.4, -0.2) is 35.0 Å². The van der Waals surface area contributed by atoms with Crippen molar-refractivity contribution < 1.29 is 23.9 Å². The molecule has 1 aliphatic rings. The molecule has 1 aromatic carbocycles. The molecule has 1 fully saturated rings. The summed E-state index contributed by atoms with van der Waals surface area (Å²) in [6, 6.07) is 3.79. The molecule has 0 heterocycles. The lowest BCUT2D eigenvalue weighted by atomic mass is 10.0. The lowest BCUT2D eigenvalue weighted by Crippen LogP contribution is -2.52. The Morgan fingerprint density at radius 2 is 1.96 bits per heavy atom. The van der Waals surface area contributed by atoms with Crippen molar-refractivity contribution in [2.75, 3.05) is 0 Å². The fourth-order valence-electron chi connectivity index (χ4n) is 2.53. The first-order valence-corrected chi connectivity index (χ1v) is 7.90. The van der Waals surface area contributed by atoms with Gasteiger partial charge in [0.1, 0.15) is 17.9 Å². The number of halogens is 1. The second-order valence-corrected chi connectivity index (χ2v) is 6.17. The number of carbonyl (C=O) groups is 3. The molecule has 1 aliphatic carbocycles. The maximum absolute atomic E-state index is 13.3. The Morgan fingerprint density at radius 3 is 2.50 bits per heavy atom. The van der Waals surface area contributed by atoms with Gasteiger partial charge in [0.25, 0.3) is 0 Å². The van der Waals surface area contributed by atoms with E-state index in [0.29, 0.717) is 17.9 Å². The van der Waals surface area contributed by atoms with E-state index < -0.39 is 35.7 Å². The van der Waals surface area contributed by atoms with Crippen LogP contribution in [0, 0.1) is 11.7 Å². The molecule has 2 amide bonds. The minimum absolute atomic E-state index is 0.0823. The quantitative estimate of drug-likeness (QED) is 0.666. The van der Waals surface area contributed by atoms with Crippen molar-refractivity contribution in [1.82, 2.24) is 10.6 Å². The van der Waals surface area contributed by atoms with Crippen molar-refractivity contribution in [3.8, 4) is 0 Å². The van der Waals surface area contributed by atoms with Gasteiger partial charge in [-0.1, -0.05) is 25.0 Å². The van der Waals surface area contributed by atoms with Crippen LogP contribution in [0.3, 0.4) is 0 Å². The smallest absolute Gasteiger partial charge is 0.326 e. The number of nitrogens with one attached hydrogen (secondary N) is 2. The van der Waals surface area contributed by atoms with E-state index in [4.69, 9.17) is 0 Å². The van der Waals surface area contributed by atoms with Crippen LogP contribution >= 0.6 is 0 Å². The second kappa shape index (κ2) is 7.90. The Bertz CT molecular complexity index is 631. The van der Waals surface area contributed by atoms with Crippen LogP contribution in [0.2, 0.25) is 0 Å². The van der Waals surface area contributed by atoms with E-state index in [1.807, 2.05) is 0 Å². The maximum Gasteiger partial charge on any atom is 0.326 e. The van der Waals surface area contributed by atoms with E-state index in [2.05, 4.69) is 10.6 Å². The molecule has 0 unspecified atom stereocenters. The zero-order valence-corrected chi connectivity index (χ0v) is 13.4. The van der Waals surface area contributed by atoms with Crippen LogP contribution in [0.1, 0.15) is 31.7 Å². The lowest BCUT2D eigenvalue weighted by molar-refractivity contribution is -0.142. The molecule has 130 valence electrons. The predicted molar refractivity (Wildman–Crippen MR) is 84.6 cm³/mol. The normalized spacial score (nSPS) is 16.1. The van der Waals surface area contributed by atoms with Crippen molar-refractivity contribution in [2.24, 2.45) is 5.92 Å². The molecule has 7 heteroatoms. The van der Waals surface area contributed by atoms with Crippen LogP contribution in [0.15, 0.2) is 24.3 Å². The summed E-state index contributed by atoms with van der Waals surface area (Å²) in [5.41, 5.74) is 0.540. The van der Waals surface area contributed by atoms with Crippen LogP contribution in [-0.2, 0) is 20.8 Å². The predicted octanol–water partition coefficient (Wildman–Crippen LogP) is 1.24. The highest BCUT2D eigenvalue weighted by atomic mass is 19.1. The van der Waals surface area contributed by atoms with E-state index in [1.165, 1.54) is 25.1 Å². The van der Waals surface area contributed by atoms with E-state index in [-0.39, 0.29) is 6.42 Å². The summed E-state index contributed by atoms with van der Waals surface area (Å²) in [6.45, 7) is 1.27. The van der Waals surface area contributed by atoms with Gasteiger partial charge < -0.3 is 15.7 Å². The van der Waals surface area contributed by atoms with Gasteiger partial charge in [-0.05, 0) is 30.0 Å². The van der Waals surface area contributed by atoms with E-state index in [9.17, 15) is 23.9 Å². The number of aliphatic carboxylic acids is 1. The van der Waals surface area contributed by atoms with Crippen molar-refractivity contribution >= 4 is 17.8 Å². The van der Waals surface area contributed by atoms with Crippen molar-refractivity contribution in [3.05, 3.63) is 35.6 Å². The third-order valence-corrected chi connectivity index (χ3v) is 3.90. The van der Waals surface area contributed by atoms with E-state index >= 15 is 0 Å². The lowest BCUT2D eigenvalue weighted by Gasteiger charge is -2.21. The summed E-state index contributed by atoms with van der Waals surface area (Å²) in [6.07, 6.45) is 2.41. The summed E-state index contributed by atoms with van der Waals surface area (Å²) in [5, 5.41) is 14.2. The molecule has 1 saturated carbocycles. The zero-order valence-electron chi connectivity index (χ0n) is 13.4. The molecule has 1 aromatic rings. The summed E-state index contributed by atoms with van der Waals surface area (Å²) in [5.74, 6) is -2.20. The molecule has 3 N–H and O–H groups in total. The van der Waals surface area contributed by atoms with Gasteiger partial charge in [-0.25, -0.2) is 9.18 Å². The van der Waals surface area contributed by atoms with Crippen LogP contribution in [0.4, 0.5) is 4.39 Å². The highest BCUT2D eigenvalue weighted by Gasteiger charge is 2.32. The average Bonchev–Trinajstić information content (AvgIpc) is 3.29. The fraction of sp³-hybridized carbons (Fsp3) is 0.471. The molecule has 0 aromatic heterocycles. The molecule has 0 saturated heterocycles. The van der Waals surface area contributed by atoms with Gasteiger partial charge >= 0.3 is 5.97 Å². The van der Waals surface area contributed by atoms with Gasteiger partial charge in [0.2, 0.25) is 11.8 Å². The fourth-order valence-corrected chi connectivity index (χ4v) is 2.53. The summed E-state index contributed by atoms with van der Waals surface area (Å²) < 4.78 is 13.3. The second-order valence-electron chi connectivity index (χ2n) is 6.17. The van der Waals surface area contributed by atoms with E-state index in [0.717, 1.165) is 12.8 Å². The van der Waals surface area contributed by atoms with Crippen molar-refractivity contribution in [2.45, 2.75) is 44.7 Å². The minimum atomic E-state index is -1.09. The third kappa shape index (κ3) is 5.64. The average molecular weight is 336 g/mol. The monoisotopic (exact) mass is 336 g/mol. The number of hydrogen-bond donors (Lipinski definition) is 3. The summed E-state index contributed by atoms with van der Waals surface area (Å²) >= 11 is 0. The first-order valence-electron chi connectivity index (χ1n) is 7.90. The van der Waals surface area contributed by atoms with Gasteiger partial charge in [0.05, 0.1) is 0 Å².